The van der Waals surface area contributed by atoms with Gasteiger partial charge in [-0.25, -0.2) is 0 Å². The predicted molar refractivity (Wildman–Crippen MR) is 45.2 cm³/mol. The van der Waals surface area contributed by atoms with Crippen LogP contribution in [-0.2, 0) is 0 Å². The lowest BCUT2D eigenvalue weighted by atomic mass is 9.88. The third kappa shape index (κ3) is 0.868. The monoisotopic (exact) mass is 154 g/mol. The standard InChI is InChI=1S/C10H18O/c1-6-4-5-7-8(9(6)11)10(7,2)3/h6-9,11H,4-5H2,1-3H3/t6-,7?,8?,9+/m0/s1. The van der Waals surface area contributed by atoms with Crippen LogP contribution in [0.5, 0.6) is 0 Å². The zero-order valence-electron chi connectivity index (χ0n) is 7.67. The number of aliphatic hydroxyl groups excluding tert-OH is 1. The summed E-state index contributed by atoms with van der Waals surface area (Å²) in [6.45, 7) is 6.77. The highest BCUT2D eigenvalue weighted by Crippen LogP contribution is 2.65. The van der Waals surface area contributed by atoms with Gasteiger partial charge in [-0.05, 0) is 36.0 Å². The summed E-state index contributed by atoms with van der Waals surface area (Å²) < 4.78 is 0. The molecule has 1 nitrogen and oxygen atoms in total. The van der Waals surface area contributed by atoms with Gasteiger partial charge >= 0.3 is 0 Å². The lowest BCUT2D eigenvalue weighted by Crippen LogP contribution is -2.25. The molecule has 1 N–H and O–H groups in total. The average molecular weight is 154 g/mol. The summed E-state index contributed by atoms with van der Waals surface area (Å²) in [5.41, 5.74) is 0.449. The van der Waals surface area contributed by atoms with E-state index in [-0.39, 0.29) is 6.10 Å². The Morgan fingerprint density at radius 3 is 2.45 bits per heavy atom. The second kappa shape index (κ2) is 2.01. The lowest BCUT2D eigenvalue weighted by molar-refractivity contribution is 0.0612. The van der Waals surface area contributed by atoms with E-state index in [0.717, 1.165) is 5.92 Å². The van der Waals surface area contributed by atoms with Crippen LogP contribution in [0.25, 0.3) is 0 Å². The largest absolute Gasteiger partial charge is 0.393 e. The van der Waals surface area contributed by atoms with Crippen LogP contribution in [0, 0.1) is 23.2 Å². The highest BCUT2D eigenvalue weighted by atomic mass is 16.3. The van der Waals surface area contributed by atoms with E-state index in [0.29, 0.717) is 17.3 Å². The van der Waals surface area contributed by atoms with E-state index in [1.54, 1.807) is 0 Å². The van der Waals surface area contributed by atoms with Crippen LogP contribution < -0.4 is 0 Å². The minimum absolute atomic E-state index is 0.0104. The van der Waals surface area contributed by atoms with Crippen LogP contribution in [0.4, 0.5) is 0 Å². The van der Waals surface area contributed by atoms with Gasteiger partial charge in [-0.2, -0.15) is 0 Å². The molecule has 2 saturated carbocycles. The van der Waals surface area contributed by atoms with E-state index < -0.39 is 0 Å². The zero-order valence-corrected chi connectivity index (χ0v) is 7.67. The molecule has 1 heteroatoms. The first-order chi connectivity index (χ1) is 5.05. The molecule has 2 aliphatic carbocycles. The first-order valence-electron chi connectivity index (χ1n) is 4.73. The van der Waals surface area contributed by atoms with Crippen LogP contribution in [0.1, 0.15) is 33.6 Å². The van der Waals surface area contributed by atoms with Crippen LogP contribution in [-0.4, -0.2) is 11.2 Å². The molecule has 0 aromatic rings. The predicted octanol–water partition coefficient (Wildman–Crippen LogP) is 2.05. The fourth-order valence-corrected chi connectivity index (χ4v) is 2.98. The van der Waals surface area contributed by atoms with Gasteiger partial charge in [0.25, 0.3) is 0 Å². The Morgan fingerprint density at radius 2 is 1.91 bits per heavy atom. The van der Waals surface area contributed by atoms with Crippen LogP contribution in [0.3, 0.4) is 0 Å². The highest BCUT2D eigenvalue weighted by Gasteiger charge is 2.62. The summed E-state index contributed by atoms with van der Waals surface area (Å²) >= 11 is 0. The summed E-state index contributed by atoms with van der Waals surface area (Å²) in [6, 6.07) is 0. The molecule has 0 aromatic carbocycles. The first-order valence-corrected chi connectivity index (χ1v) is 4.73. The Balaban J connectivity index is 2.12. The molecule has 64 valence electrons. The minimum atomic E-state index is -0.0104. The van der Waals surface area contributed by atoms with Gasteiger partial charge < -0.3 is 5.11 Å². The summed E-state index contributed by atoms with van der Waals surface area (Å²) in [5.74, 6) is 1.98. The van der Waals surface area contributed by atoms with Crippen molar-refractivity contribution in [1.82, 2.24) is 0 Å². The van der Waals surface area contributed by atoms with Crippen LogP contribution >= 0.6 is 0 Å². The van der Waals surface area contributed by atoms with Crippen molar-refractivity contribution in [3.63, 3.8) is 0 Å². The second-order valence-corrected chi connectivity index (χ2v) is 5.00. The van der Waals surface area contributed by atoms with Crippen LogP contribution in [0.15, 0.2) is 0 Å². The molecule has 0 bridgehead atoms. The van der Waals surface area contributed by atoms with Crippen molar-refractivity contribution >= 4 is 0 Å². The summed E-state index contributed by atoms with van der Waals surface area (Å²) in [5, 5.41) is 9.82. The van der Waals surface area contributed by atoms with Crippen molar-refractivity contribution in [3.8, 4) is 0 Å². The van der Waals surface area contributed by atoms with Crippen molar-refractivity contribution in [2.75, 3.05) is 0 Å². The maximum atomic E-state index is 9.82. The highest BCUT2D eigenvalue weighted by molar-refractivity contribution is 5.11. The maximum absolute atomic E-state index is 9.82. The van der Waals surface area contributed by atoms with Gasteiger partial charge in [0.15, 0.2) is 0 Å². The molecule has 0 heterocycles. The van der Waals surface area contributed by atoms with Gasteiger partial charge in [0.1, 0.15) is 0 Å². The topological polar surface area (TPSA) is 20.2 Å². The van der Waals surface area contributed by atoms with Gasteiger partial charge in [-0.15, -0.1) is 0 Å². The van der Waals surface area contributed by atoms with Gasteiger partial charge in [0.2, 0.25) is 0 Å². The van der Waals surface area contributed by atoms with Crippen molar-refractivity contribution in [2.45, 2.75) is 39.7 Å². The van der Waals surface area contributed by atoms with E-state index in [4.69, 9.17) is 0 Å². The van der Waals surface area contributed by atoms with Gasteiger partial charge in [0, 0.05) is 0 Å². The fourth-order valence-electron chi connectivity index (χ4n) is 2.98. The smallest absolute Gasteiger partial charge is 0.0601 e. The Hall–Kier alpha value is -0.0400. The van der Waals surface area contributed by atoms with E-state index in [1.165, 1.54) is 12.8 Å². The molecule has 0 radical (unpaired) electrons. The zero-order chi connectivity index (χ0) is 8.22. The maximum Gasteiger partial charge on any atom is 0.0601 e. The molecule has 11 heavy (non-hydrogen) atoms. The number of rotatable bonds is 0. The lowest BCUT2D eigenvalue weighted by Gasteiger charge is -2.23. The van der Waals surface area contributed by atoms with E-state index >= 15 is 0 Å². The molecule has 2 rings (SSSR count). The Kier molecular flexibility index (Phi) is 1.39. The number of hydrogen-bond donors (Lipinski definition) is 1. The van der Waals surface area contributed by atoms with Gasteiger partial charge in [-0.1, -0.05) is 20.8 Å². The molecule has 4 atom stereocenters. The summed E-state index contributed by atoms with van der Waals surface area (Å²) in [6.07, 6.45) is 2.56. The van der Waals surface area contributed by atoms with Gasteiger partial charge in [-0.3, -0.25) is 0 Å². The fraction of sp³-hybridized carbons (Fsp3) is 1.00. The summed E-state index contributed by atoms with van der Waals surface area (Å²) in [7, 11) is 0. The molecule has 0 aliphatic heterocycles. The quantitative estimate of drug-likeness (QED) is 0.566. The Bertz CT molecular complexity index is 174. The number of hydrogen-bond acceptors (Lipinski definition) is 1. The van der Waals surface area contributed by atoms with E-state index in [1.807, 2.05) is 0 Å². The second-order valence-electron chi connectivity index (χ2n) is 5.00. The molecule has 0 saturated heterocycles. The van der Waals surface area contributed by atoms with E-state index in [2.05, 4.69) is 20.8 Å². The van der Waals surface area contributed by atoms with E-state index in [9.17, 15) is 5.11 Å². The molecular formula is C10H18O. The molecule has 2 unspecified atom stereocenters. The Labute approximate surface area is 68.8 Å². The summed E-state index contributed by atoms with van der Waals surface area (Å²) in [4.78, 5) is 0. The molecule has 0 spiro atoms. The van der Waals surface area contributed by atoms with Crippen molar-refractivity contribution in [2.24, 2.45) is 23.2 Å². The molecular weight excluding hydrogens is 136 g/mol. The third-order valence-electron chi connectivity index (χ3n) is 4.02. The first kappa shape index (κ1) is 7.60. The Morgan fingerprint density at radius 1 is 1.27 bits per heavy atom. The molecule has 2 fully saturated rings. The van der Waals surface area contributed by atoms with Crippen LogP contribution in [0.2, 0.25) is 0 Å². The van der Waals surface area contributed by atoms with Crippen molar-refractivity contribution in [1.29, 1.82) is 0 Å². The van der Waals surface area contributed by atoms with Gasteiger partial charge in [0.05, 0.1) is 6.10 Å². The molecule has 2 aliphatic rings. The minimum Gasteiger partial charge on any atom is -0.393 e. The SMILES string of the molecule is C[C@H]1CCC2C([C@@H]1O)C2(C)C. The number of aliphatic hydroxyl groups is 1. The number of fused-ring (bicyclic) bond motifs is 1. The van der Waals surface area contributed by atoms with Crippen molar-refractivity contribution in [3.05, 3.63) is 0 Å². The molecule has 0 aromatic heterocycles. The normalized spacial score (nSPS) is 53.5. The molecule has 0 amide bonds. The third-order valence-corrected chi connectivity index (χ3v) is 4.02. The van der Waals surface area contributed by atoms with Crippen molar-refractivity contribution < 1.29 is 5.11 Å². The average Bonchev–Trinajstić information content (AvgIpc) is 2.46.